The molecule has 4 nitrogen and oxygen atoms in total. The average molecular weight is 177 g/mol. The second-order valence-corrected chi connectivity index (χ2v) is 3.05. The fourth-order valence-corrected chi connectivity index (χ4v) is 1.61. The maximum absolute atomic E-state index is 9.91. The van der Waals surface area contributed by atoms with Crippen LogP contribution in [-0.2, 0) is 4.79 Å². The monoisotopic (exact) mass is 177 g/mol. The van der Waals surface area contributed by atoms with Crippen LogP contribution in [0.25, 0.3) is 10.2 Å². The van der Waals surface area contributed by atoms with E-state index in [4.69, 9.17) is 0 Å². The highest BCUT2D eigenvalue weighted by Crippen LogP contribution is 2.26. The highest BCUT2D eigenvalue weighted by molar-refractivity contribution is 7.21. The summed E-state index contributed by atoms with van der Waals surface area (Å²) in [5.74, 6) is 0. The number of hydrogen-bond donors (Lipinski definition) is 0. The Hall–Kier alpha value is -1.58. The number of isocyanates is 1. The minimum atomic E-state index is 0.424. The average Bonchev–Trinajstić information content (AvgIpc) is 2.47. The number of pyridine rings is 1. The molecule has 5 heteroatoms. The van der Waals surface area contributed by atoms with E-state index in [2.05, 4.69) is 15.0 Å². The van der Waals surface area contributed by atoms with Gasteiger partial charge in [-0.05, 0) is 6.07 Å². The standard InChI is InChI=1S/C7H3N3OS/c11-4-9-7-10-5-1-2-8-3-6(5)12-7/h1-3H. The topological polar surface area (TPSA) is 55.2 Å². The highest BCUT2D eigenvalue weighted by atomic mass is 32.1. The summed E-state index contributed by atoms with van der Waals surface area (Å²) < 4.78 is 0.923. The molecule has 0 aliphatic heterocycles. The van der Waals surface area contributed by atoms with Gasteiger partial charge in [0.1, 0.15) is 0 Å². The largest absolute Gasteiger partial charge is 0.263 e. The molecule has 0 unspecified atom stereocenters. The molecule has 58 valence electrons. The van der Waals surface area contributed by atoms with Crippen LogP contribution < -0.4 is 0 Å². The molecule has 0 spiro atoms. The Labute approximate surface area is 71.6 Å². The van der Waals surface area contributed by atoms with Crippen molar-refractivity contribution in [1.82, 2.24) is 9.97 Å². The zero-order valence-corrected chi connectivity index (χ0v) is 6.71. The highest BCUT2D eigenvalue weighted by Gasteiger charge is 2.00. The van der Waals surface area contributed by atoms with Crippen LogP contribution in [0.3, 0.4) is 0 Å². The third kappa shape index (κ3) is 1.11. The Kier molecular flexibility index (Phi) is 1.66. The minimum absolute atomic E-state index is 0.424. The zero-order valence-electron chi connectivity index (χ0n) is 5.89. The summed E-state index contributed by atoms with van der Waals surface area (Å²) in [4.78, 5) is 21.3. The van der Waals surface area contributed by atoms with Gasteiger partial charge >= 0.3 is 0 Å². The molecule has 2 heterocycles. The molecule has 2 rings (SSSR count). The van der Waals surface area contributed by atoms with Crippen molar-refractivity contribution in [2.24, 2.45) is 4.99 Å². The summed E-state index contributed by atoms with van der Waals surface area (Å²) in [6, 6.07) is 1.77. The molecule has 0 aliphatic rings. The lowest BCUT2D eigenvalue weighted by Gasteiger charge is -1.79. The predicted molar refractivity (Wildman–Crippen MR) is 45.2 cm³/mol. The Bertz CT molecular complexity index is 425. The van der Waals surface area contributed by atoms with E-state index in [1.807, 2.05) is 0 Å². The first kappa shape index (κ1) is 7.09. The van der Waals surface area contributed by atoms with E-state index in [1.54, 1.807) is 18.5 Å². The van der Waals surface area contributed by atoms with E-state index in [0.29, 0.717) is 5.13 Å². The molecule has 0 N–H and O–H groups in total. The smallest absolute Gasteiger partial charge is 0.242 e. The maximum Gasteiger partial charge on any atom is 0.242 e. The summed E-state index contributed by atoms with van der Waals surface area (Å²) in [6.45, 7) is 0. The molecule has 2 aromatic heterocycles. The van der Waals surface area contributed by atoms with Crippen LogP contribution in [0.4, 0.5) is 5.13 Å². The first-order valence-electron chi connectivity index (χ1n) is 3.18. The van der Waals surface area contributed by atoms with Crippen molar-refractivity contribution < 1.29 is 4.79 Å². The molecule has 0 saturated carbocycles. The molecule has 0 aromatic carbocycles. The van der Waals surface area contributed by atoms with E-state index in [9.17, 15) is 4.79 Å². The number of carbonyl (C=O) groups excluding carboxylic acids is 1. The molecular weight excluding hydrogens is 174 g/mol. The van der Waals surface area contributed by atoms with Crippen LogP contribution in [0.1, 0.15) is 0 Å². The lowest BCUT2D eigenvalue weighted by atomic mass is 10.4. The van der Waals surface area contributed by atoms with Gasteiger partial charge in [0, 0.05) is 12.4 Å². The van der Waals surface area contributed by atoms with Crippen molar-refractivity contribution in [3.63, 3.8) is 0 Å². The quantitative estimate of drug-likeness (QED) is 0.491. The van der Waals surface area contributed by atoms with Crippen molar-refractivity contribution >= 4 is 32.8 Å². The normalized spacial score (nSPS) is 9.67. The van der Waals surface area contributed by atoms with Gasteiger partial charge in [0.05, 0.1) is 10.2 Å². The molecular formula is C7H3N3OS. The Morgan fingerprint density at radius 3 is 3.25 bits per heavy atom. The van der Waals surface area contributed by atoms with Crippen molar-refractivity contribution in [1.29, 1.82) is 0 Å². The number of nitrogens with zero attached hydrogens (tertiary/aromatic N) is 3. The Morgan fingerprint density at radius 2 is 2.50 bits per heavy atom. The van der Waals surface area contributed by atoms with Crippen LogP contribution in [-0.4, -0.2) is 16.0 Å². The zero-order chi connectivity index (χ0) is 8.39. The van der Waals surface area contributed by atoms with E-state index in [-0.39, 0.29) is 0 Å². The second kappa shape index (κ2) is 2.81. The van der Waals surface area contributed by atoms with Gasteiger partial charge in [0.15, 0.2) is 0 Å². The fraction of sp³-hybridized carbons (Fsp3) is 0. The van der Waals surface area contributed by atoms with Gasteiger partial charge in [0.2, 0.25) is 11.2 Å². The van der Waals surface area contributed by atoms with Crippen molar-refractivity contribution in [2.45, 2.75) is 0 Å². The summed E-state index contributed by atoms with van der Waals surface area (Å²) >= 11 is 1.32. The van der Waals surface area contributed by atoms with Crippen molar-refractivity contribution in [3.05, 3.63) is 18.5 Å². The first-order chi connectivity index (χ1) is 5.90. The number of fused-ring (bicyclic) bond motifs is 1. The number of hydrogen-bond acceptors (Lipinski definition) is 5. The van der Waals surface area contributed by atoms with Gasteiger partial charge in [-0.2, -0.15) is 0 Å². The van der Waals surface area contributed by atoms with E-state index < -0.39 is 0 Å². The number of rotatable bonds is 1. The summed E-state index contributed by atoms with van der Waals surface area (Å²) in [7, 11) is 0. The molecule has 0 fully saturated rings. The molecule has 2 aromatic rings. The minimum Gasteiger partial charge on any atom is -0.263 e. The Morgan fingerprint density at radius 1 is 1.58 bits per heavy atom. The number of aliphatic imine (C=N–C) groups is 1. The van der Waals surface area contributed by atoms with Gasteiger partial charge < -0.3 is 0 Å². The predicted octanol–water partition coefficient (Wildman–Crippen LogP) is 1.66. The van der Waals surface area contributed by atoms with Crippen molar-refractivity contribution in [2.75, 3.05) is 0 Å². The van der Waals surface area contributed by atoms with E-state index in [1.165, 1.54) is 17.4 Å². The fourth-order valence-electron chi connectivity index (χ4n) is 0.855. The van der Waals surface area contributed by atoms with Crippen LogP contribution in [0.5, 0.6) is 0 Å². The van der Waals surface area contributed by atoms with E-state index in [0.717, 1.165) is 10.2 Å². The van der Waals surface area contributed by atoms with Gasteiger partial charge in [-0.1, -0.05) is 11.3 Å². The van der Waals surface area contributed by atoms with Crippen LogP contribution in [0.2, 0.25) is 0 Å². The molecule has 0 aliphatic carbocycles. The van der Waals surface area contributed by atoms with Crippen LogP contribution >= 0.6 is 11.3 Å². The third-order valence-electron chi connectivity index (χ3n) is 1.32. The van der Waals surface area contributed by atoms with Gasteiger partial charge in [0.25, 0.3) is 0 Å². The summed E-state index contributed by atoms with van der Waals surface area (Å²) in [6.07, 6.45) is 4.79. The molecule has 0 amide bonds. The lowest BCUT2D eigenvalue weighted by Crippen LogP contribution is -1.67. The van der Waals surface area contributed by atoms with Crippen LogP contribution in [0.15, 0.2) is 23.5 Å². The molecule has 0 atom stereocenters. The maximum atomic E-state index is 9.91. The third-order valence-corrected chi connectivity index (χ3v) is 2.22. The lowest BCUT2D eigenvalue weighted by molar-refractivity contribution is 0.565. The molecule has 0 bridgehead atoms. The molecule has 0 saturated heterocycles. The Balaban J connectivity index is 2.69. The second-order valence-electron chi connectivity index (χ2n) is 2.04. The van der Waals surface area contributed by atoms with Crippen molar-refractivity contribution in [3.8, 4) is 0 Å². The van der Waals surface area contributed by atoms with Crippen LogP contribution in [0, 0.1) is 0 Å². The summed E-state index contributed by atoms with van der Waals surface area (Å²) in [5.41, 5.74) is 0.809. The summed E-state index contributed by atoms with van der Waals surface area (Å²) in [5, 5.41) is 0.424. The SMILES string of the molecule is O=C=Nc1nc2ccncc2s1. The molecule has 12 heavy (non-hydrogen) atoms. The number of aromatic nitrogens is 2. The number of thiazole rings is 1. The van der Waals surface area contributed by atoms with Gasteiger partial charge in [-0.3, -0.25) is 4.98 Å². The first-order valence-corrected chi connectivity index (χ1v) is 4.00. The molecule has 0 radical (unpaired) electrons. The van der Waals surface area contributed by atoms with E-state index >= 15 is 0 Å². The van der Waals surface area contributed by atoms with Gasteiger partial charge in [-0.15, -0.1) is 4.99 Å². The van der Waals surface area contributed by atoms with Gasteiger partial charge in [-0.25, -0.2) is 9.78 Å².